The van der Waals surface area contributed by atoms with Crippen LogP contribution in [0.15, 0.2) is 194 Å². The first-order valence-electron chi connectivity index (χ1n) is 21.8. The summed E-state index contributed by atoms with van der Waals surface area (Å²) in [7, 11) is 1.63. The molecule has 11 rings (SSSR count). The number of methoxy groups -OCH3 is 1. The number of hydrogen-bond donors (Lipinski definition) is 1. The number of para-hydroxylation sites is 3. The minimum absolute atomic E-state index is 0.191. The molecule has 0 aromatic heterocycles. The third kappa shape index (κ3) is 5.96. The predicted molar refractivity (Wildman–Crippen MR) is 262 cm³/mol. The molecule has 1 N–H and O–H groups in total. The number of ether oxygens (including phenoxy) is 1. The van der Waals surface area contributed by atoms with Crippen molar-refractivity contribution in [2.75, 3.05) is 16.9 Å². The second-order valence-corrected chi connectivity index (χ2v) is 17.9. The lowest BCUT2D eigenvalue weighted by molar-refractivity contribution is 0.410. The zero-order chi connectivity index (χ0) is 43.0. The summed E-state index contributed by atoms with van der Waals surface area (Å²) < 4.78 is 5.63. The van der Waals surface area contributed by atoms with Crippen LogP contribution >= 0.6 is 0 Å². The molecule has 0 spiro atoms. The maximum absolute atomic E-state index is 10.8. The summed E-state index contributed by atoms with van der Waals surface area (Å²) in [4.78, 5) is 4.74. The van der Waals surface area contributed by atoms with E-state index in [1.807, 2.05) is 6.07 Å². The van der Waals surface area contributed by atoms with Crippen LogP contribution in [0, 0.1) is 0 Å². The molecule has 4 heteroatoms. The summed E-state index contributed by atoms with van der Waals surface area (Å²) in [5, 5.41) is 13.3. The van der Waals surface area contributed by atoms with E-state index in [0.717, 1.165) is 34.0 Å². The van der Waals surface area contributed by atoms with Gasteiger partial charge in [-0.3, -0.25) is 0 Å². The second kappa shape index (κ2) is 14.5. The minimum atomic E-state index is -0.261. The van der Waals surface area contributed by atoms with Crippen molar-refractivity contribution in [3.63, 3.8) is 0 Å². The van der Waals surface area contributed by atoms with Crippen LogP contribution in [-0.2, 0) is 10.8 Å². The molecule has 306 valence electrons. The molecular formula is C59H48N2O2. The van der Waals surface area contributed by atoms with Gasteiger partial charge in [-0.1, -0.05) is 131 Å². The molecule has 0 atom stereocenters. The molecule has 0 amide bonds. The van der Waals surface area contributed by atoms with Crippen molar-refractivity contribution in [1.82, 2.24) is 0 Å². The van der Waals surface area contributed by atoms with E-state index in [1.54, 1.807) is 19.2 Å². The third-order valence-electron chi connectivity index (χ3n) is 13.6. The molecule has 0 heterocycles. The second-order valence-electron chi connectivity index (χ2n) is 17.9. The van der Waals surface area contributed by atoms with Gasteiger partial charge in [0.2, 0.25) is 0 Å². The molecule has 2 aliphatic carbocycles. The Morgan fingerprint density at radius 3 is 1.54 bits per heavy atom. The molecule has 9 aromatic rings. The number of benzene rings is 9. The molecule has 0 saturated heterocycles. The molecule has 0 bridgehead atoms. The first-order chi connectivity index (χ1) is 30.6. The van der Waals surface area contributed by atoms with Crippen molar-refractivity contribution in [1.29, 1.82) is 0 Å². The SMILES string of the molecule is COc1cccc(O)c1-c1ccc(N(c2ccccc2)c2ccc3c(c2)C(C)(C)c2cc4c(cc2-3)C(C)(C)c2cc(N(c3ccccc3)c3ccccc3)c3ccccc3c2-4)cc1. The van der Waals surface area contributed by atoms with E-state index >= 15 is 0 Å². The lowest BCUT2D eigenvalue weighted by atomic mass is 9.79. The number of phenolic OH excluding ortho intramolecular Hbond substituents is 1. The van der Waals surface area contributed by atoms with Crippen molar-refractivity contribution in [3.05, 3.63) is 216 Å². The Hall–Kier alpha value is -7.56. The van der Waals surface area contributed by atoms with Gasteiger partial charge in [0.05, 0.1) is 18.4 Å². The molecule has 0 unspecified atom stereocenters. The third-order valence-corrected chi connectivity index (χ3v) is 13.6. The molecule has 63 heavy (non-hydrogen) atoms. The van der Waals surface area contributed by atoms with Crippen LogP contribution in [-0.4, -0.2) is 12.2 Å². The van der Waals surface area contributed by atoms with Gasteiger partial charge in [-0.2, -0.15) is 0 Å². The Labute approximate surface area is 369 Å². The van der Waals surface area contributed by atoms with Gasteiger partial charge in [0.25, 0.3) is 0 Å². The van der Waals surface area contributed by atoms with Crippen molar-refractivity contribution in [2.24, 2.45) is 0 Å². The average molecular weight is 817 g/mol. The molecule has 4 nitrogen and oxygen atoms in total. The number of fused-ring (bicyclic) bond motifs is 8. The quantitative estimate of drug-likeness (QED) is 0.166. The summed E-state index contributed by atoms with van der Waals surface area (Å²) in [6, 6.07) is 69.3. The fourth-order valence-electron chi connectivity index (χ4n) is 10.5. The number of phenols is 1. The highest BCUT2D eigenvalue weighted by Crippen LogP contribution is 2.59. The topological polar surface area (TPSA) is 35.9 Å². The van der Waals surface area contributed by atoms with Crippen LogP contribution in [0.25, 0.3) is 44.2 Å². The van der Waals surface area contributed by atoms with E-state index in [2.05, 4.69) is 213 Å². The molecule has 0 aliphatic heterocycles. The highest BCUT2D eigenvalue weighted by molar-refractivity contribution is 6.10. The normalized spacial score (nSPS) is 13.8. The van der Waals surface area contributed by atoms with Gasteiger partial charge in [-0.25, -0.2) is 0 Å². The van der Waals surface area contributed by atoms with E-state index in [-0.39, 0.29) is 16.6 Å². The van der Waals surface area contributed by atoms with Gasteiger partial charge < -0.3 is 19.6 Å². The van der Waals surface area contributed by atoms with Crippen LogP contribution in [0.1, 0.15) is 49.9 Å². The highest BCUT2D eigenvalue weighted by atomic mass is 16.5. The van der Waals surface area contributed by atoms with Crippen LogP contribution in [0.5, 0.6) is 11.5 Å². The Morgan fingerprint density at radius 1 is 0.397 bits per heavy atom. The maximum atomic E-state index is 10.8. The Balaban J connectivity index is 1.03. The number of hydrogen-bond acceptors (Lipinski definition) is 4. The summed E-state index contributed by atoms with van der Waals surface area (Å²) in [6.45, 7) is 9.57. The Kier molecular flexibility index (Phi) is 8.85. The van der Waals surface area contributed by atoms with Crippen molar-refractivity contribution in [2.45, 2.75) is 38.5 Å². The van der Waals surface area contributed by atoms with Gasteiger partial charge in [0, 0.05) is 44.7 Å². The molecular weight excluding hydrogens is 769 g/mol. The largest absolute Gasteiger partial charge is 0.507 e. The van der Waals surface area contributed by atoms with Gasteiger partial charge >= 0.3 is 0 Å². The minimum Gasteiger partial charge on any atom is -0.507 e. The maximum Gasteiger partial charge on any atom is 0.130 e. The van der Waals surface area contributed by atoms with Gasteiger partial charge in [0.1, 0.15) is 11.5 Å². The van der Waals surface area contributed by atoms with Gasteiger partial charge in [-0.05, 0) is 146 Å². The number of rotatable bonds is 8. The first-order valence-corrected chi connectivity index (χ1v) is 21.8. The van der Waals surface area contributed by atoms with E-state index in [0.29, 0.717) is 11.3 Å². The zero-order valence-electron chi connectivity index (χ0n) is 36.2. The number of anilines is 6. The lowest BCUT2D eigenvalue weighted by Gasteiger charge is -2.29. The summed E-state index contributed by atoms with van der Waals surface area (Å²) in [6.07, 6.45) is 0. The van der Waals surface area contributed by atoms with E-state index < -0.39 is 0 Å². The van der Waals surface area contributed by atoms with Crippen molar-refractivity contribution in [3.8, 4) is 44.9 Å². The molecule has 2 aliphatic rings. The van der Waals surface area contributed by atoms with Crippen LogP contribution in [0.2, 0.25) is 0 Å². The molecule has 0 saturated carbocycles. The average Bonchev–Trinajstić information content (AvgIpc) is 3.68. The zero-order valence-corrected chi connectivity index (χ0v) is 36.2. The summed E-state index contributed by atoms with van der Waals surface area (Å²) >= 11 is 0. The Bertz CT molecular complexity index is 3170. The summed E-state index contributed by atoms with van der Waals surface area (Å²) in [5.41, 5.74) is 18.3. The lowest BCUT2D eigenvalue weighted by Crippen LogP contribution is -2.18. The monoisotopic (exact) mass is 816 g/mol. The number of nitrogens with zero attached hydrogens (tertiary/aromatic N) is 2. The van der Waals surface area contributed by atoms with Crippen LogP contribution < -0.4 is 14.5 Å². The Morgan fingerprint density at radius 2 is 0.905 bits per heavy atom. The standard InChI is InChI=1S/C59H48N2O2/c1-58(2)49-34-43(60(39-18-9-6-10-19-39)42-30-28-38(29-31-42)56-54(62)26-17-27-55(56)63-5)32-33-44(49)47-35-51-48(36-50(47)58)57-46-25-16-15-24-45(46)53(37-52(57)59(51,3)4)61(40-20-11-7-12-21-40)41-22-13-8-14-23-41/h6-37,62H,1-5H3. The van der Waals surface area contributed by atoms with E-state index in [4.69, 9.17) is 4.74 Å². The predicted octanol–water partition coefficient (Wildman–Crippen LogP) is 15.8. The fourth-order valence-corrected chi connectivity index (χ4v) is 10.5. The molecule has 0 radical (unpaired) electrons. The number of aromatic hydroxyl groups is 1. The van der Waals surface area contributed by atoms with Gasteiger partial charge in [0.15, 0.2) is 0 Å². The summed E-state index contributed by atoms with van der Waals surface area (Å²) in [5.74, 6) is 0.827. The van der Waals surface area contributed by atoms with Gasteiger partial charge in [-0.15, -0.1) is 0 Å². The fraction of sp³-hybridized carbons (Fsp3) is 0.119. The highest BCUT2D eigenvalue weighted by Gasteiger charge is 2.43. The van der Waals surface area contributed by atoms with E-state index in [9.17, 15) is 5.11 Å². The molecule has 9 aromatic carbocycles. The first kappa shape index (κ1) is 38.4. The molecule has 0 fully saturated rings. The van der Waals surface area contributed by atoms with Crippen molar-refractivity contribution >= 4 is 44.9 Å². The van der Waals surface area contributed by atoms with E-state index in [1.165, 1.54) is 61.0 Å². The van der Waals surface area contributed by atoms with Crippen molar-refractivity contribution < 1.29 is 9.84 Å². The van der Waals surface area contributed by atoms with Crippen LogP contribution in [0.4, 0.5) is 34.1 Å². The smallest absolute Gasteiger partial charge is 0.130 e. The van der Waals surface area contributed by atoms with Crippen LogP contribution in [0.3, 0.4) is 0 Å².